The Balaban J connectivity index is 1.72. The first-order valence-electron chi connectivity index (χ1n) is 7.87. The Labute approximate surface area is 143 Å². The average Bonchev–Trinajstić information content (AvgIpc) is 2.97. The van der Waals surface area contributed by atoms with E-state index in [1.165, 1.54) is 0 Å². The SMILES string of the molecule is Cc1cc(C(C)N2Cc3ccnc(N)c3C2)cnc1OCC(F)(F)F. The lowest BCUT2D eigenvalue weighted by Gasteiger charge is -2.24. The third-order valence-corrected chi connectivity index (χ3v) is 4.37. The lowest BCUT2D eigenvalue weighted by Crippen LogP contribution is -2.22. The number of anilines is 1. The van der Waals surface area contributed by atoms with Crippen molar-refractivity contribution in [3.05, 3.63) is 46.8 Å². The molecule has 25 heavy (non-hydrogen) atoms. The van der Waals surface area contributed by atoms with Gasteiger partial charge in [-0.15, -0.1) is 0 Å². The Hall–Kier alpha value is -2.35. The van der Waals surface area contributed by atoms with Gasteiger partial charge in [-0.1, -0.05) is 0 Å². The van der Waals surface area contributed by atoms with Crippen LogP contribution < -0.4 is 10.5 Å². The molecule has 2 N–H and O–H groups in total. The summed E-state index contributed by atoms with van der Waals surface area (Å²) in [7, 11) is 0. The van der Waals surface area contributed by atoms with E-state index in [2.05, 4.69) is 14.9 Å². The maximum atomic E-state index is 12.3. The molecule has 1 atom stereocenters. The molecule has 0 saturated carbocycles. The third kappa shape index (κ3) is 3.84. The standard InChI is InChI=1S/C17H19F3N4O/c1-10-5-13(6-23-16(10)25-9-17(18,19)20)11(2)24-7-12-3-4-22-15(21)14(12)8-24/h3-6,11H,7-9H2,1-2H3,(H2,21,22). The Morgan fingerprint density at radius 1 is 1.32 bits per heavy atom. The van der Waals surface area contributed by atoms with Crippen molar-refractivity contribution >= 4 is 5.82 Å². The molecule has 3 rings (SSSR count). The summed E-state index contributed by atoms with van der Waals surface area (Å²) in [6, 6.07) is 3.80. The average molecular weight is 352 g/mol. The molecule has 0 saturated heterocycles. The van der Waals surface area contributed by atoms with Crippen LogP contribution in [0.25, 0.3) is 0 Å². The van der Waals surface area contributed by atoms with Crippen molar-refractivity contribution in [1.82, 2.24) is 14.9 Å². The molecule has 0 amide bonds. The number of aromatic nitrogens is 2. The molecule has 5 nitrogen and oxygen atoms in total. The summed E-state index contributed by atoms with van der Waals surface area (Å²) in [6.45, 7) is 3.80. The molecule has 1 aliphatic rings. The number of aryl methyl sites for hydroxylation is 1. The molecule has 1 unspecified atom stereocenters. The van der Waals surface area contributed by atoms with E-state index in [1.54, 1.807) is 19.3 Å². The molecule has 134 valence electrons. The normalized spacial score (nSPS) is 15.9. The zero-order valence-electron chi connectivity index (χ0n) is 14.0. The molecule has 0 bridgehead atoms. The molecule has 8 heteroatoms. The van der Waals surface area contributed by atoms with Crippen molar-refractivity contribution in [2.24, 2.45) is 0 Å². The molecule has 2 aromatic heterocycles. The summed E-state index contributed by atoms with van der Waals surface area (Å²) in [5.41, 5.74) is 9.59. The van der Waals surface area contributed by atoms with Crippen molar-refractivity contribution in [2.75, 3.05) is 12.3 Å². The number of fused-ring (bicyclic) bond motifs is 1. The zero-order valence-corrected chi connectivity index (χ0v) is 14.0. The number of pyridine rings is 2. The first-order chi connectivity index (χ1) is 11.7. The van der Waals surface area contributed by atoms with Crippen LogP contribution in [-0.4, -0.2) is 27.7 Å². The molecule has 1 aliphatic heterocycles. The van der Waals surface area contributed by atoms with Crippen molar-refractivity contribution in [3.63, 3.8) is 0 Å². The summed E-state index contributed by atoms with van der Waals surface area (Å²) in [4.78, 5) is 10.4. The fourth-order valence-electron chi connectivity index (χ4n) is 2.96. The van der Waals surface area contributed by atoms with Crippen LogP contribution in [-0.2, 0) is 13.1 Å². The molecular weight excluding hydrogens is 333 g/mol. The number of nitrogens with zero attached hydrogens (tertiary/aromatic N) is 3. The van der Waals surface area contributed by atoms with Gasteiger partial charge in [-0.2, -0.15) is 13.2 Å². The Morgan fingerprint density at radius 3 is 2.72 bits per heavy atom. The Kier molecular flexibility index (Phi) is 4.55. The quantitative estimate of drug-likeness (QED) is 0.914. The summed E-state index contributed by atoms with van der Waals surface area (Å²) in [5.74, 6) is 0.545. The Morgan fingerprint density at radius 2 is 2.08 bits per heavy atom. The minimum atomic E-state index is -4.38. The van der Waals surface area contributed by atoms with Crippen LogP contribution in [0.5, 0.6) is 5.88 Å². The van der Waals surface area contributed by atoms with Gasteiger partial charge in [0.25, 0.3) is 0 Å². The summed E-state index contributed by atoms with van der Waals surface area (Å²) >= 11 is 0. The first-order valence-corrected chi connectivity index (χ1v) is 7.87. The van der Waals surface area contributed by atoms with E-state index in [0.717, 1.165) is 23.2 Å². The van der Waals surface area contributed by atoms with Gasteiger partial charge in [0, 0.05) is 42.7 Å². The van der Waals surface area contributed by atoms with Gasteiger partial charge < -0.3 is 10.5 Å². The maximum Gasteiger partial charge on any atom is 0.422 e. The highest BCUT2D eigenvalue weighted by molar-refractivity contribution is 5.46. The molecule has 3 heterocycles. The molecule has 0 aromatic carbocycles. The first kappa shape index (κ1) is 17.5. The summed E-state index contributed by atoms with van der Waals surface area (Å²) in [5, 5.41) is 0. The zero-order chi connectivity index (χ0) is 18.2. The molecule has 0 aliphatic carbocycles. The van der Waals surface area contributed by atoms with Crippen LogP contribution in [0, 0.1) is 6.92 Å². The minimum Gasteiger partial charge on any atom is -0.468 e. The number of rotatable bonds is 4. The highest BCUT2D eigenvalue weighted by Crippen LogP contribution is 2.33. The van der Waals surface area contributed by atoms with E-state index in [4.69, 9.17) is 10.5 Å². The van der Waals surface area contributed by atoms with Gasteiger partial charge in [-0.3, -0.25) is 4.90 Å². The monoisotopic (exact) mass is 352 g/mol. The van der Waals surface area contributed by atoms with E-state index in [9.17, 15) is 13.2 Å². The fraction of sp³-hybridized carbons (Fsp3) is 0.412. The molecular formula is C17H19F3N4O. The number of hydrogen-bond acceptors (Lipinski definition) is 5. The van der Waals surface area contributed by atoms with Gasteiger partial charge in [0.05, 0.1) is 0 Å². The number of hydrogen-bond donors (Lipinski definition) is 1. The smallest absolute Gasteiger partial charge is 0.422 e. The predicted octanol–water partition coefficient (Wildman–Crippen LogP) is 3.39. The van der Waals surface area contributed by atoms with E-state index >= 15 is 0 Å². The van der Waals surface area contributed by atoms with Crippen LogP contribution in [0.3, 0.4) is 0 Å². The largest absolute Gasteiger partial charge is 0.468 e. The van der Waals surface area contributed by atoms with Crippen LogP contribution in [0.1, 0.15) is 35.2 Å². The van der Waals surface area contributed by atoms with Crippen LogP contribution in [0.15, 0.2) is 24.5 Å². The Bertz CT molecular complexity index is 779. The molecule has 2 aromatic rings. The topological polar surface area (TPSA) is 64.3 Å². The van der Waals surface area contributed by atoms with Gasteiger partial charge in [0.2, 0.25) is 5.88 Å². The lowest BCUT2D eigenvalue weighted by molar-refractivity contribution is -0.154. The van der Waals surface area contributed by atoms with Gasteiger partial charge >= 0.3 is 6.18 Å². The van der Waals surface area contributed by atoms with Crippen LogP contribution >= 0.6 is 0 Å². The highest BCUT2D eigenvalue weighted by Gasteiger charge is 2.29. The number of halogens is 3. The second-order valence-corrected chi connectivity index (χ2v) is 6.21. The highest BCUT2D eigenvalue weighted by atomic mass is 19.4. The van der Waals surface area contributed by atoms with E-state index in [1.807, 2.05) is 19.1 Å². The third-order valence-electron chi connectivity index (χ3n) is 4.37. The second kappa shape index (κ2) is 6.51. The van der Waals surface area contributed by atoms with Crippen LogP contribution in [0.4, 0.5) is 19.0 Å². The van der Waals surface area contributed by atoms with Crippen molar-refractivity contribution in [1.29, 1.82) is 0 Å². The van der Waals surface area contributed by atoms with Gasteiger partial charge in [0.1, 0.15) is 5.82 Å². The maximum absolute atomic E-state index is 12.3. The van der Waals surface area contributed by atoms with E-state index in [-0.39, 0.29) is 11.9 Å². The number of alkyl halides is 3. The molecule has 0 radical (unpaired) electrons. The summed E-state index contributed by atoms with van der Waals surface area (Å²) in [6.07, 6.45) is -1.12. The number of ether oxygens (including phenoxy) is 1. The second-order valence-electron chi connectivity index (χ2n) is 6.21. The van der Waals surface area contributed by atoms with Gasteiger partial charge in [-0.05, 0) is 37.1 Å². The lowest BCUT2D eigenvalue weighted by atomic mass is 10.1. The van der Waals surface area contributed by atoms with Gasteiger partial charge in [-0.25, -0.2) is 9.97 Å². The number of nitrogen functional groups attached to an aromatic ring is 1. The van der Waals surface area contributed by atoms with E-state index < -0.39 is 12.8 Å². The fourth-order valence-corrected chi connectivity index (χ4v) is 2.96. The predicted molar refractivity (Wildman–Crippen MR) is 86.8 cm³/mol. The molecule has 0 spiro atoms. The number of nitrogens with two attached hydrogens (primary N) is 1. The molecule has 0 fully saturated rings. The summed E-state index contributed by atoms with van der Waals surface area (Å²) < 4.78 is 41.6. The minimum absolute atomic E-state index is 0.00595. The van der Waals surface area contributed by atoms with Crippen molar-refractivity contribution < 1.29 is 17.9 Å². The van der Waals surface area contributed by atoms with E-state index in [0.29, 0.717) is 17.9 Å². The van der Waals surface area contributed by atoms with Crippen molar-refractivity contribution in [2.45, 2.75) is 39.2 Å². The van der Waals surface area contributed by atoms with Crippen LogP contribution in [0.2, 0.25) is 0 Å². The van der Waals surface area contributed by atoms with Gasteiger partial charge in [0.15, 0.2) is 6.61 Å². The van der Waals surface area contributed by atoms with Crippen molar-refractivity contribution in [3.8, 4) is 5.88 Å².